The van der Waals surface area contributed by atoms with Crippen molar-refractivity contribution in [1.82, 2.24) is 10.3 Å². The number of carbonyl (C=O) groups is 1. The van der Waals surface area contributed by atoms with E-state index in [-0.39, 0.29) is 17.3 Å². The van der Waals surface area contributed by atoms with Crippen LogP contribution in [0.25, 0.3) is 11.1 Å². The lowest BCUT2D eigenvalue weighted by Gasteiger charge is -2.06. The molecule has 23 heavy (non-hydrogen) atoms. The van der Waals surface area contributed by atoms with Gasteiger partial charge in [-0.25, -0.2) is 18.5 Å². The number of hydrogen-bond acceptors (Lipinski definition) is 5. The smallest absolute Gasteiger partial charge is 0.251 e. The van der Waals surface area contributed by atoms with Gasteiger partial charge in [-0.05, 0) is 35.9 Å². The number of aromatic nitrogens is 1. The molecule has 1 aromatic heterocycles. The second-order valence-corrected chi connectivity index (χ2v) is 6.47. The Morgan fingerprint density at radius 1 is 1.17 bits per heavy atom. The normalized spacial score (nSPS) is 11.5. The molecular weight excluding hydrogens is 318 g/mol. The van der Waals surface area contributed by atoms with Crippen LogP contribution >= 0.6 is 0 Å². The van der Waals surface area contributed by atoms with Crippen LogP contribution in [0.2, 0.25) is 0 Å². The number of nitrogens with two attached hydrogens (primary N) is 1. The van der Waals surface area contributed by atoms with Crippen molar-refractivity contribution in [2.45, 2.75) is 11.4 Å². The third-order valence-corrected chi connectivity index (χ3v) is 4.23. The van der Waals surface area contributed by atoms with Crippen molar-refractivity contribution < 1.29 is 17.6 Å². The minimum atomic E-state index is -3.71. The summed E-state index contributed by atoms with van der Waals surface area (Å²) in [6.07, 6.45) is 1.32. The summed E-state index contributed by atoms with van der Waals surface area (Å²) in [6, 6.07) is 11.0. The molecule has 0 bridgehead atoms. The number of rotatable bonds is 4. The fourth-order valence-corrected chi connectivity index (χ4v) is 2.59. The quantitative estimate of drug-likeness (QED) is 0.750. The number of hydrogen-bond donors (Lipinski definition) is 2. The first kappa shape index (κ1) is 15.2. The molecule has 118 valence electrons. The van der Waals surface area contributed by atoms with E-state index in [1.807, 2.05) is 0 Å². The summed E-state index contributed by atoms with van der Waals surface area (Å²) in [7, 11) is -3.71. The fraction of sp³-hybridized carbons (Fsp3) is 0.0667. The predicted octanol–water partition coefficient (Wildman–Crippen LogP) is 1.41. The number of sulfonamides is 1. The van der Waals surface area contributed by atoms with E-state index < -0.39 is 10.0 Å². The van der Waals surface area contributed by atoms with E-state index in [4.69, 9.17) is 9.56 Å². The average molecular weight is 331 g/mol. The van der Waals surface area contributed by atoms with Gasteiger partial charge < -0.3 is 9.73 Å². The standard InChI is InChI=1S/C15H13N3O4S/c16-23(20,21)12-4-1-10(2-5-12)8-17-15(19)11-3-6-13-14(7-11)22-9-18-13/h1-7,9H,8H2,(H,17,19)(H2,16,20,21). The molecule has 1 heterocycles. The number of nitrogens with one attached hydrogen (secondary N) is 1. The van der Waals surface area contributed by atoms with Gasteiger partial charge in [-0.3, -0.25) is 4.79 Å². The first-order valence-corrected chi connectivity index (χ1v) is 8.21. The van der Waals surface area contributed by atoms with E-state index in [2.05, 4.69) is 10.3 Å². The summed E-state index contributed by atoms with van der Waals surface area (Å²) in [4.78, 5) is 16.1. The van der Waals surface area contributed by atoms with Crippen molar-refractivity contribution in [2.75, 3.05) is 0 Å². The molecule has 0 unspecified atom stereocenters. The van der Waals surface area contributed by atoms with Crippen LogP contribution in [0.5, 0.6) is 0 Å². The molecule has 0 saturated carbocycles. The molecule has 0 aliphatic heterocycles. The van der Waals surface area contributed by atoms with Crippen molar-refractivity contribution in [2.24, 2.45) is 5.14 Å². The van der Waals surface area contributed by atoms with Crippen LogP contribution in [-0.4, -0.2) is 19.3 Å². The van der Waals surface area contributed by atoms with Gasteiger partial charge in [-0.2, -0.15) is 0 Å². The SMILES string of the molecule is NS(=O)(=O)c1ccc(CNC(=O)c2ccc3ncoc3c2)cc1. The Morgan fingerprint density at radius 3 is 2.61 bits per heavy atom. The highest BCUT2D eigenvalue weighted by atomic mass is 32.2. The lowest BCUT2D eigenvalue weighted by Crippen LogP contribution is -2.22. The summed E-state index contributed by atoms with van der Waals surface area (Å²) in [5.41, 5.74) is 2.43. The third-order valence-electron chi connectivity index (χ3n) is 3.30. The highest BCUT2D eigenvalue weighted by Gasteiger charge is 2.09. The van der Waals surface area contributed by atoms with Crippen molar-refractivity contribution in [1.29, 1.82) is 0 Å². The monoisotopic (exact) mass is 331 g/mol. The summed E-state index contributed by atoms with van der Waals surface area (Å²) < 4.78 is 27.5. The molecular formula is C15H13N3O4S. The highest BCUT2D eigenvalue weighted by molar-refractivity contribution is 7.89. The average Bonchev–Trinajstić information content (AvgIpc) is 2.99. The largest absolute Gasteiger partial charge is 0.443 e. The molecule has 3 N–H and O–H groups in total. The summed E-state index contributed by atoms with van der Waals surface area (Å²) in [5, 5.41) is 7.78. The number of nitrogens with zero attached hydrogens (tertiary/aromatic N) is 1. The van der Waals surface area contributed by atoms with Gasteiger partial charge in [0.05, 0.1) is 4.90 Å². The molecule has 0 spiro atoms. The maximum Gasteiger partial charge on any atom is 0.251 e. The summed E-state index contributed by atoms with van der Waals surface area (Å²) in [5.74, 6) is -0.265. The van der Waals surface area contributed by atoms with E-state index in [0.717, 1.165) is 5.56 Å². The Labute approximate surface area is 132 Å². The van der Waals surface area contributed by atoms with E-state index in [1.165, 1.54) is 18.5 Å². The molecule has 7 nitrogen and oxygen atoms in total. The minimum absolute atomic E-state index is 0.0309. The lowest BCUT2D eigenvalue weighted by molar-refractivity contribution is 0.0951. The molecule has 0 fully saturated rings. The molecule has 8 heteroatoms. The number of primary sulfonamides is 1. The summed E-state index contributed by atoms with van der Waals surface area (Å²) >= 11 is 0. The minimum Gasteiger partial charge on any atom is -0.443 e. The molecule has 0 aliphatic rings. The van der Waals surface area contributed by atoms with Crippen molar-refractivity contribution in [3.8, 4) is 0 Å². The molecule has 0 saturated heterocycles. The number of amides is 1. The van der Waals surface area contributed by atoms with Crippen LogP contribution in [0.1, 0.15) is 15.9 Å². The van der Waals surface area contributed by atoms with Crippen LogP contribution in [0.3, 0.4) is 0 Å². The van der Waals surface area contributed by atoms with Crippen LogP contribution < -0.4 is 10.5 Å². The van der Waals surface area contributed by atoms with Crippen LogP contribution in [-0.2, 0) is 16.6 Å². The first-order chi connectivity index (χ1) is 10.9. The Balaban J connectivity index is 1.68. The molecule has 0 radical (unpaired) electrons. The van der Waals surface area contributed by atoms with Crippen LogP contribution in [0.4, 0.5) is 0 Å². The second kappa shape index (κ2) is 5.82. The number of fused-ring (bicyclic) bond motifs is 1. The van der Waals surface area contributed by atoms with E-state index in [0.29, 0.717) is 16.7 Å². The Bertz CT molecular complexity index is 962. The number of benzene rings is 2. The van der Waals surface area contributed by atoms with Gasteiger partial charge in [0.1, 0.15) is 5.52 Å². The van der Waals surface area contributed by atoms with E-state index >= 15 is 0 Å². The van der Waals surface area contributed by atoms with Crippen molar-refractivity contribution >= 4 is 27.0 Å². The Hall–Kier alpha value is -2.71. The predicted molar refractivity (Wildman–Crippen MR) is 83.0 cm³/mol. The van der Waals surface area contributed by atoms with Gasteiger partial charge in [0.15, 0.2) is 12.0 Å². The van der Waals surface area contributed by atoms with Crippen LogP contribution in [0, 0.1) is 0 Å². The maximum atomic E-state index is 12.1. The van der Waals surface area contributed by atoms with Crippen molar-refractivity contribution in [3.63, 3.8) is 0 Å². The zero-order chi connectivity index (χ0) is 16.4. The van der Waals surface area contributed by atoms with E-state index in [9.17, 15) is 13.2 Å². The van der Waals surface area contributed by atoms with Crippen LogP contribution in [0.15, 0.2) is 58.2 Å². The van der Waals surface area contributed by atoms with Gasteiger partial charge in [0.25, 0.3) is 5.91 Å². The van der Waals surface area contributed by atoms with Gasteiger partial charge in [0.2, 0.25) is 10.0 Å². The Kier molecular flexibility index (Phi) is 3.85. The van der Waals surface area contributed by atoms with Gasteiger partial charge >= 0.3 is 0 Å². The molecule has 1 amide bonds. The highest BCUT2D eigenvalue weighted by Crippen LogP contribution is 2.14. The molecule has 3 aromatic rings. The molecule has 2 aromatic carbocycles. The molecule has 3 rings (SSSR count). The Morgan fingerprint density at radius 2 is 1.91 bits per heavy atom. The van der Waals surface area contributed by atoms with E-state index in [1.54, 1.807) is 30.3 Å². The number of carbonyl (C=O) groups excluding carboxylic acids is 1. The first-order valence-electron chi connectivity index (χ1n) is 6.67. The van der Waals surface area contributed by atoms with Crippen molar-refractivity contribution in [3.05, 3.63) is 60.0 Å². The lowest BCUT2D eigenvalue weighted by atomic mass is 10.2. The van der Waals surface area contributed by atoms with Gasteiger partial charge in [-0.1, -0.05) is 12.1 Å². The number of oxazole rings is 1. The molecule has 0 atom stereocenters. The van der Waals surface area contributed by atoms with Gasteiger partial charge in [-0.15, -0.1) is 0 Å². The topological polar surface area (TPSA) is 115 Å². The molecule has 0 aliphatic carbocycles. The van der Waals surface area contributed by atoms with Gasteiger partial charge in [0, 0.05) is 12.1 Å². The zero-order valence-electron chi connectivity index (χ0n) is 11.9. The second-order valence-electron chi connectivity index (χ2n) is 4.91. The summed E-state index contributed by atoms with van der Waals surface area (Å²) in [6.45, 7) is 0.262. The fourth-order valence-electron chi connectivity index (χ4n) is 2.08. The third kappa shape index (κ3) is 3.38. The zero-order valence-corrected chi connectivity index (χ0v) is 12.7. The maximum absolute atomic E-state index is 12.1.